The van der Waals surface area contributed by atoms with Crippen LogP contribution in [0.5, 0.6) is 17.2 Å². The first-order valence-corrected chi connectivity index (χ1v) is 22.1. The van der Waals surface area contributed by atoms with Gasteiger partial charge in [0.15, 0.2) is 17.2 Å². The molecule has 376 valence electrons. The maximum atomic E-state index is 12.3. The quantitative estimate of drug-likeness (QED) is 0.0392. The minimum Gasteiger partial charge on any atom is -0.505 e. The molecule has 6 aromatic rings. The summed E-state index contributed by atoms with van der Waals surface area (Å²) in [5.41, 5.74) is 6.16. The van der Waals surface area contributed by atoms with Crippen LogP contribution in [-0.4, -0.2) is 66.6 Å². The number of ether oxygens (including phenoxy) is 1. The number of para-hydroxylation sites is 2. The smallest absolute Gasteiger partial charge is 0.272 e. The zero-order valence-corrected chi connectivity index (χ0v) is 41.0. The van der Waals surface area contributed by atoms with E-state index in [4.69, 9.17) is 19.3 Å². The SMILES string of the molecule is C.CCOc1c(Nc2cccc(C(=O)N(C)C)c2O)c(=O)c1=O.CC[C@@H](N)c1cc(C(C)C)c(C)o1.CC[C@@H](Nc1c(Nc2cccc(C(=O)N(C)C)c2O)c(=O)c1=O)c1cc(C(C)C)c(C)o1.F. The highest BCUT2D eigenvalue weighted by Gasteiger charge is 2.28. The van der Waals surface area contributed by atoms with Gasteiger partial charge in [0, 0.05) is 28.2 Å². The minimum atomic E-state index is -0.716. The number of phenols is 2. The number of hydrogen-bond acceptors (Lipinski definition) is 15. The van der Waals surface area contributed by atoms with Crippen LogP contribution in [0.15, 0.2) is 76.5 Å². The van der Waals surface area contributed by atoms with Gasteiger partial charge in [0.1, 0.15) is 40.1 Å². The third-order valence-corrected chi connectivity index (χ3v) is 11.0. The normalized spacial score (nSPS) is 11.6. The van der Waals surface area contributed by atoms with E-state index in [1.54, 1.807) is 47.2 Å². The molecule has 0 saturated heterocycles. The van der Waals surface area contributed by atoms with E-state index in [9.17, 15) is 39.0 Å². The van der Waals surface area contributed by atoms with E-state index in [1.807, 2.05) is 26.8 Å². The summed E-state index contributed by atoms with van der Waals surface area (Å²) < 4.78 is 16.6. The molecule has 2 heterocycles. The number of amides is 2. The van der Waals surface area contributed by atoms with E-state index in [2.05, 4.69) is 56.6 Å². The summed E-state index contributed by atoms with van der Waals surface area (Å²) in [6.07, 6.45) is 1.55. The number of nitrogens with zero attached hydrogens (tertiary/aromatic N) is 2. The van der Waals surface area contributed by atoms with Gasteiger partial charge in [-0.05, 0) is 93.0 Å². The number of aryl methyl sites for hydroxylation is 2. The van der Waals surface area contributed by atoms with Crippen LogP contribution in [0, 0.1) is 13.8 Å². The molecule has 18 heteroatoms. The van der Waals surface area contributed by atoms with E-state index < -0.39 is 21.7 Å². The number of anilines is 5. The highest BCUT2D eigenvalue weighted by Crippen LogP contribution is 2.36. The second-order valence-corrected chi connectivity index (χ2v) is 17.0. The lowest BCUT2D eigenvalue weighted by Gasteiger charge is -2.21. The Morgan fingerprint density at radius 1 is 0.667 bits per heavy atom. The Morgan fingerprint density at radius 2 is 1.09 bits per heavy atom. The third-order valence-electron chi connectivity index (χ3n) is 11.0. The standard InChI is InChI=1S/C24H29N3O5.C15H16N2O5.C11H19NO.CH4.FH/c1-7-16(18-11-15(12(2)3)13(4)32-18)25-19-20(23(30)22(19)29)26-17-10-8-9-14(21(17)28)24(31)27(5)6;1-4-22-14-10(12(19)13(14)20)16-9-7-5-6-8(11(9)18)15(21)17(2)3;1-5-10(12)11-6-9(7(2)3)8(4)13-11;;/h8-12,16,25-26,28H,7H2,1-6H3;5-7,16,18H,4H2,1-3H3;6-7,10H,5,12H2,1-4H3;1H4;1H/t16-;;10-;;/m1.1../s1. The van der Waals surface area contributed by atoms with Crippen molar-refractivity contribution < 1.29 is 38.1 Å². The number of carbonyl (C=O) groups excluding carboxylic acids is 2. The number of nitrogens with two attached hydrogens (primary N) is 1. The van der Waals surface area contributed by atoms with Gasteiger partial charge in [0.25, 0.3) is 33.5 Å². The predicted octanol–water partition coefficient (Wildman–Crippen LogP) is 8.76. The largest absolute Gasteiger partial charge is 0.505 e. The number of aromatic hydroxyl groups is 2. The molecular formula is C51H69FN6O11. The van der Waals surface area contributed by atoms with Gasteiger partial charge in [0.2, 0.25) is 0 Å². The molecule has 0 unspecified atom stereocenters. The molecule has 0 fully saturated rings. The molecule has 0 spiro atoms. The highest BCUT2D eigenvalue weighted by molar-refractivity contribution is 5.99. The average molecular weight is 961 g/mol. The zero-order chi connectivity index (χ0) is 50.2. The number of rotatable bonds is 16. The van der Waals surface area contributed by atoms with Crippen LogP contribution in [0.2, 0.25) is 0 Å². The molecule has 0 aliphatic carbocycles. The molecule has 2 aromatic heterocycles. The summed E-state index contributed by atoms with van der Waals surface area (Å²) >= 11 is 0. The van der Waals surface area contributed by atoms with E-state index >= 15 is 0 Å². The molecule has 2 atom stereocenters. The second kappa shape index (κ2) is 24.7. The van der Waals surface area contributed by atoms with Crippen LogP contribution in [0.1, 0.15) is 148 Å². The summed E-state index contributed by atoms with van der Waals surface area (Å²) in [4.78, 5) is 74.5. The van der Waals surface area contributed by atoms with Crippen molar-refractivity contribution in [1.29, 1.82) is 0 Å². The lowest BCUT2D eigenvalue weighted by atomic mass is 10.0. The minimum absolute atomic E-state index is 0. The Labute approximate surface area is 402 Å². The van der Waals surface area contributed by atoms with Crippen molar-refractivity contribution in [3.63, 3.8) is 0 Å². The second-order valence-electron chi connectivity index (χ2n) is 17.0. The zero-order valence-electron chi connectivity index (χ0n) is 41.0. The first kappa shape index (κ1) is 57.9. The van der Waals surface area contributed by atoms with Crippen LogP contribution in [0.4, 0.5) is 33.1 Å². The number of furan rings is 2. The van der Waals surface area contributed by atoms with E-state index in [0.717, 1.165) is 29.3 Å². The number of benzene rings is 2. The van der Waals surface area contributed by atoms with Gasteiger partial charge >= 0.3 is 0 Å². The summed E-state index contributed by atoms with van der Waals surface area (Å²) in [6, 6.07) is 12.9. The number of hydrogen-bond donors (Lipinski definition) is 6. The van der Waals surface area contributed by atoms with E-state index in [0.29, 0.717) is 24.0 Å². The van der Waals surface area contributed by atoms with E-state index in [1.165, 1.54) is 39.6 Å². The van der Waals surface area contributed by atoms with Crippen molar-refractivity contribution in [2.24, 2.45) is 5.73 Å². The van der Waals surface area contributed by atoms with Gasteiger partial charge in [-0.2, -0.15) is 0 Å². The monoisotopic (exact) mass is 961 g/mol. The Hall–Kier alpha value is -7.21. The molecule has 0 aliphatic heterocycles. The Morgan fingerprint density at radius 3 is 1.49 bits per heavy atom. The maximum absolute atomic E-state index is 12.3. The summed E-state index contributed by atoms with van der Waals surface area (Å²) in [5.74, 6) is 2.85. The molecule has 69 heavy (non-hydrogen) atoms. The summed E-state index contributed by atoms with van der Waals surface area (Å²) in [7, 11) is 6.27. The topological polar surface area (TPSA) is 247 Å². The van der Waals surface area contributed by atoms with Crippen molar-refractivity contribution in [3.8, 4) is 17.2 Å². The highest BCUT2D eigenvalue weighted by atomic mass is 19.0. The number of phenolic OH excluding ortho intramolecular Hbond substituents is 2. The number of halogens is 1. The predicted molar refractivity (Wildman–Crippen MR) is 271 cm³/mol. The third kappa shape index (κ3) is 12.9. The lowest BCUT2D eigenvalue weighted by Crippen LogP contribution is -2.37. The van der Waals surface area contributed by atoms with Crippen molar-refractivity contribution in [3.05, 3.63) is 135 Å². The van der Waals surface area contributed by atoms with Gasteiger partial charge in [-0.15, -0.1) is 0 Å². The molecule has 17 nitrogen and oxygen atoms in total. The molecule has 0 bridgehead atoms. The Balaban J connectivity index is 0.000000383. The molecule has 0 saturated carbocycles. The van der Waals surface area contributed by atoms with Crippen molar-refractivity contribution >= 4 is 40.3 Å². The molecule has 6 rings (SSSR count). The summed E-state index contributed by atoms with van der Waals surface area (Å²) in [5, 5.41) is 29.3. The molecule has 4 aromatic carbocycles. The fourth-order valence-electron chi connectivity index (χ4n) is 7.09. The average Bonchev–Trinajstić information content (AvgIpc) is 3.90. The number of carbonyl (C=O) groups is 2. The van der Waals surface area contributed by atoms with Crippen LogP contribution in [0.25, 0.3) is 0 Å². The molecule has 7 N–H and O–H groups in total. The maximum Gasteiger partial charge on any atom is 0.272 e. The van der Waals surface area contributed by atoms with Crippen LogP contribution in [0.3, 0.4) is 0 Å². The van der Waals surface area contributed by atoms with Gasteiger partial charge < -0.3 is 55.3 Å². The fraction of sp³-hybridized carbons (Fsp3) is 0.412. The summed E-state index contributed by atoms with van der Waals surface area (Å²) in [6.45, 7) is 18.3. The van der Waals surface area contributed by atoms with Gasteiger partial charge in [-0.3, -0.25) is 33.5 Å². The Kier molecular flexibility index (Phi) is 20.7. The first-order chi connectivity index (χ1) is 31.5. The number of nitrogens with one attached hydrogen (secondary N) is 3. The molecule has 0 aliphatic rings. The van der Waals surface area contributed by atoms with Crippen molar-refractivity contribution in [2.75, 3.05) is 50.7 Å². The molecule has 2 amide bonds. The lowest BCUT2D eigenvalue weighted by molar-refractivity contribution is 0.0817. The Bertz CT molecular complexity index is 2840. The molecular weight excluding hydrogens is 892 g/mol. The van der Waals surface area contributed by atoms with Gasteiger partial charge in [-0.1, -0.05) is 61.1 Å². The van der Waals surface area contributed by atoms with Crippen molar-refractivity contribution in [1.82, 2.24) is 9.80 Å². The van der Waals surface area contributed by atoms with Gasteiger partial charge in [-0.25, -0.2) is 0 Å². The van der Waals surface area contributed by atoms with Crippen LogP contribution < -0.4 is 48.1 Å². The van der Waals surface area contributed by atoms with Crippen LogP contribution in [-0.2, 0) is 0 Å². The fourth-order valence-corrected chi connectivity index (χ4v) is 7.09. The van der Waals surface area contributed by atoms with E-state index in [-0.39, 0.29) is 99.4 Å². The molecule has 0 radical (unpaired) electrons. The van der Waals surface area contributed by atoms with Crippen LogP contribution >= 0.6 is 0 Å². The van der Waals surface area contributed by atoms with Gasteiger partial charge in [0.05, 0.1) is 41.2 Å². The van der Waals surface area contributed by atoms with Crippen molar-refractivity contribution in [2.45, 2.75) is 107 Å². The first-order valence-electron chi connectivity index (χ1n) is 22.1.